The van der Waals surface area contributed by atoms with E-state index in [-0.39, 0.29) is 52.4 Å². The summed E-state index contributed by atoms with van der Waals surface area (Å²) in [7, 11) is 0. The average molecular weight is 307 g/mol. The van der Waals surface area contributed by atoms with E-state index in [1.54, 1.807) is 0 Å². The molecule has 4 nitrogen and oxygen atoms in total. The molecule has 0 aromatic heterocycles. The van der Waals surface area contributed by atoms with Crippen molar-refractivity contribution in [1.29, 1.82) is 0 Å². The standard InChI is InChI=1S/C8H6O4.Pr/c9-7(10)5-3-1-2-4-6(5)8(11)12;/h1-4H,(H,9,10)(H,11,12);. The zero-order chi connectivity index (χ0) is 9.14. The summed E-state index contributed by atoms with van der Waals surface area (Å²) in [6, 6.07) is 5.48. The Kier molecular flexibility index (Phi) is 5.10. The normalized spacial score (nSPS) is 8.62. The van der Waals surface area contributed by atoms with Crippen molar-refractivity contribution in [2.75, 3.05) is 0 Å². The van der Waals surface area contributed by atoms with Crippen molar-refractivity contribution in [1.82, 2.24) is 0 Å². The number of aromatic carboxylic acids is 2. The molecule has 5 heteroatoms. The first-order chi connectivity index (χ1) is 5.63. The zero-order valence-corrected chi connectivity index (χ0v) is 10.3. The largest absolute Gasteiger partial charge is 0.478 e. The molecule has 1 aromatic carbocycles. The van der Waals surface area contributed by atoms with Gasteiger partial charge in [-0.2, -0.15) is 0 Å². The molecule has 0 heterocycles. The maximum absolute atomic E-state index is 10.5. The van der Waals surface area contributed by atoms with Crippen LogP contribution in [0.2, 0.25) is 0 Å². The topological polar surface area (TPSA) is 74.6 Å². The number of rotatable bonds is 2. The predicted octanol–water partition coefficient (Wildman–Crippen LogP) is 1.08. The van der Waals surface area contributed by atoms with Gasteiger partial charge in [-0.1, -0.05) is 12.1 Å². The van der Waals surface area contributed by atoms with Crippen LogP contribution in [0.4, 0.5) is 0 Å². The van der Waals surface area contributed by atoms with Crippen LogP contribution in [0.25, 0.3) is 0 Å². The predicted molar refractivity (Wildman–Crippen MR) is 40.4 cm³/mol. The molecule has 1 rings (SSSR count). The third-order valence-corrected chi connectivity index (χ3v) is 1.39. The van der Waals surface area contributed by atoms with E-state index in [9.17, 15) is 9.59 Å². The Hall–Kier alpha value is -0.476. The van der Waals surface area contributed by atoms with Crippen molar-refractivity contribution in [3.8, 4) is 0 Å². The summed E-state index contributed by atoms with van der Waals surface area (Å²) in [6.45, 7) is 0. The van der Waals surface area contributed by atoms with Gasteiger partial charge in [0.2, 0.25) is 0 Å². The smallest absolute Gasteiger partial charge is 0.336 e. The van der Waals surface area contributed by atoms with Crippen LogP contribution < -0.4 is 0 Å². The minimum Gasteiger partial charge on any atom is -0.478 e. The fraction of sp³-hybridized carbons (Fsp3) is 0. The van der Waals surface area contributed by atoms with Crippen molar-refractivity contribution >= 4 is 11.9 Å². The van der Waals surface area contributed by atoms with Crippen molar-refractivity contribution in [3.63, 3.8) is 0 Å². The molecule has 0 amide bonds. The molecule has 0 saturated heterocycles. The number of benzene rings is 1. The molecule has 1 aromatic rings. The summed E-state index contributed by atoms with van der Waals surface area (Å²) in [4.78, 5) is 20.9. The van der Waals surface area contributed by atoms with Crippen molar-refractivity contribution in [2.45, 2.75) is 0 Å². The van der Waals surface area contributed by atoms with E-state index in [1.165, 1.54) is 24.3 Å². The van der Waals surface area contributed by atoms with Crippen LogP contribution in [0.5, 0.6) is 0 Å². The quantitative estimate of drug-likeness (QED) is 0.857. The van der Waals surface area contributed by atoms with Gasteiger partial charge in [-0.3, -0.25) is 0 Å². The van der Waals surface area contributed by atoms with Crippen molar-refractivity contribution < 1.29 is 61.1 Å². The van der Waals surface area contributed by atoms with Gasteiger partial charge < -0.3 is 10.2 Å². The molecule has 13 heavy (non-hydrogen) atoms. The summed E-state index contributed by atoms with van der Waals surface area (Å²) in [5, 5.41) is 17.1. The maximum Gasteiger partial charge on any atom is 0.336 e. The molecule has 0 bridgehead atoms. The Morgan fingerprint density at radius 1 is 0.923 bits per heavy atom. The third-order valence-electron chi connectivity index (χ3n) is 1.39. The molecular formula is C8H6O4Pr. The van der Waals surface area contributed by atoms with E-state index >= 15 is 0 Å². The zero-order valence-electron chi connectivity index (χ0n) is 6.60. The van der Waals surface area contributed by atoms with Crippen LogP contribution in [-0.4, -0.2) is 22.2 Å². The van der Waals surface area contributed by atoms with Gasteiger partial charge in [0.1, 0.15) is 0 Å². The molecule has 0 aliphatic heterocycles. The van der Waals surface area contributed by atoms with E-state index in [4.69, 9.17) is 10.2 Å². The van der Waals surface area contributed by atoms with Gasteiger partial charge in [0.05, 0.1) is 11.1 Å². The summed E-state index contributed by atoms with van der Waals surface area (Å²) in [6.07, 6.45) is 0. The van der Waals surface area contributed by atoms with E-state index in [0.717, 1.165) is 0 Å². The minimum atomic E-state index is -1.23. The average Bonchev–Trinajstić information content (AvgIpc) is 2.04. The van der Waals surface area contributed by atoms with Crippen molar-refractivity contribution in [2.24, 2.45) is 0 Å². The SMILES string of the molecule is O=C(O)c1ccccc1C(=O)O.[Pr]. The molecule has 2 N–H and O–H groups in total. The number of hydrogen-bond acceptors (Lipinski definition) is 2. The molecule has 0 fully saturated rings. The Balaban J connectivity index is 0.00000144. The van der Waals surface area contributed by atoms with Gasteiger partial charge >= 0.3 is 11.9 Å². The molecule has 0 atom stereocenters. The van der Waals surface area contributed by atoms with E-state index in [2.05, 4.69) is 0 Å². The molecule has 0 aliphatic rings. The molecule has 0 spiro atoms. The van der Waals surface area contributed by atoms with E-state index in [1.807, 2.05) is 0 Å². The Bertz CT molecular complexity index is 302. The molecule has 0 saturated carbocycles. The van der Waals surface area contributed by atoms with Gasteiger partial charge in [-0.25, -0.2) is 9.59 Å². The Morgan fingerprint density at radius 3 is 1.46 bits per heavy atom. The molecule has 0 aliphatic carbocycles. The first-order valence-electron chi connectivity index (χ1n) is 3.18. The van der Waals surface area contributed by atoms with Gasteiger partial charge in [0.25, 0.3) is 0 Å². The van der Waals surface area contributed by atoms with Crippen LogP contribution in [0.3, 0.4) is 0 Å². The molecule has 0 unspecified atom stereocenters. The van der Waals surface area contributed by atoms with E-state index < -0.39 is 11.9 Å². The second-order valence-electron chi connectivity index (χ2n) is 2.16. The summed E-state index contributed by atoms with van der Waals surface area (Å²) in [5.74, 6) is -2.46. The summed E-state index contributed by atoms with van der Waals surface area (Å²) < 4.78 is 0. The van der Waals surface area contributed by atoms with Crippen LogP contribution >= 0.6 is 0 Å². The Labute approximate surface area is 108 Å². The number of carboxylic acid groups (broad SMARTS) is 2. The van der Waals surface area contributed by atoms with Gasteiger partial charge in [0, 0.05) is 41.3 Å². The fourth-order valence-electron chi connectivity index (χ4n) is 0.856. The maximum atomic E-state index is 10.5. The number of carbonyl (C=O) groups is 2. The van der Waals surface area contributed by atoms with Gasteiger partial charge in [-0.05, 0) is 12.1 Å². The third kappa shape index (κ3) is 3.05. The number of hydrogen-bond donors (Lipinski definition) is 2. The molecular weight excluding hydrogens is 301 g/mol. The monoisotopic (exact) mass is 307 g/mol. The van der Waals surface area contributed by atoms with Crippen molar-refractivity contribution in [3.05, 3.63) is 35.4 Å². The molecule has 1 radical (unpaired) electrons. The first kappa shape index (κ1) is 12.5. The first-order valence-corrected chi connectivity index (χ1v) is 3.18. The minimum absolute atomic E-state index is 0. The van der Waals surface area contributed by atoms with Crippen LogP contribution in [0.15, 0.2) is 24.3 Å². The van der Waals surface area contributed by atoms with Crippen LogP contribution in [0.1, 0.15) is 20.7 Å². The second kappa shape index (κ2) is 5.30. The summed E-state index contributed by atoms with van der Waals surface area (Å²) in [5.41, 5.74) is -0.380. The second-order valence-corrected chi connectivity index (χ2v) is 2.16. The van der Waals surface area contributed by atoms with Gasteiger partial charge in [-0.15, -0.1) is 0 Å². The van der Waals surface area contributed by atoms with Crippen LogP contribution in [-0.2, 0) is 0 Å². The van der Waals surface area contributed by atoms with Crippen LogP contribution in [0, 0.1) is 41.3 Å². The Morgan fingerprint density at radius 2 is 1.23 bits per heavy atom. The number of carboxylic acids is 2. The summed E-state index contributed by atoms with van der Waals surface area (Å²) >= 11 is 0. The molecule has 65 valence electrons. The van der Waals surface area contributed by atoms with E-state index in [0.29, 0.717) is 0 Å². The fourth-order valence-corrected chi connectivity index (χ4v) is 0.856. The van der Waals surface area contributed by atoms with Gasteiger partial charge in [0.15, 0.2) is 0 Å².